The van der Waals surface area contributed by atoms with E-state index in [1.54, 1.807) is 13.0 Å². The molecule has 1 unspecified atom stereocenters. The van der Waals surface area contributed by atoms with Crippen LogP contribution in [0, 0.1) is 11.7 Å². The van der Waals surface area contributed by atoms with Crippen molar-refractivity contribution >= 4 is 27.8 Å². The summed E-state index contributed by atoms with van der Waals surface area (Å²) < 4.78 is 14.0. The van der Waals surface area contributed by atoms with Crippen LogP contribution in [0.1, 0.15) is 23.7 Å². The number of benzene rings is 1. The molecule has 0 aliphatic rings. The average Bonchev–Trinajstić information content (AvgIpc) is 2.28. The van der Waals surface area contributed by atoms with Gasteiger partial charge in [-0.2, -0.15) is 0 Å². The highest BCUT2D eigenvalue weighted by Crippen LogP contribution is 2.15. The molecule has 1 atom stereocenters. The first-order chi connectivity index (χ1) is 8.45. The number of amides is 1. The van der Waals surface area contributed by atoms with Crippen LogP contribution in [0.4, 0.5) is 4.39 Å². The van der Waals surface area contributed by atoms with Gasteiger partial charge in [-0.25, -0.2) is 4.39 Å². The summed E-state index contributed by atoms with van der Waals surface area (Å²) in [5.41, 5.74) is -0.0987. The van der Waals surface area contributed by atoms with Crippen molar-refractivity contribution in [1.29, 1.82) is 0 Å². The predicted octanol–water partition coefficient (Wildman–Crippen LogP) is 2.43. The van der Waals surface area contributed by atoms with Crippen molar-refractivity contribution in [3.63, 3.8) is 0 Å². The van der Waals surface area contributed by atoms with Crippen LogP contribution in [0.25, 0.3) is 0 Å². The zero-order valence-electron chi connectivity index (χ0n) is 9.74. The van der Waals surface area contributed by atoms with Crippen molar-refractivity contribution in [2.45, 2.75) is 13.3 Å². The van der Waals surface area contributed by atoms with Crippen LogP contribution >= 0.6 is 15.9 Å². The van der Waals surface area contributed by atoms with Gasteiger partial charge in [0.15, 0.2) is 0 Å². The molecule has 6 heteroatoms. The number of halogens is 2. The Bertz CT molecular complexity index is 465. The standard InChI is InChI=1S/C12H13BrFNO3/c1-2-7(12(17)18)6-15-11(16)9-4-3-8(13)5-10(9)14/h3-5,7H,2,6H2,1H3,(H,15,16)(H,17,18). The molecule has 1 amide bonds. The van der Waals surface area contributed by atoms with Crippen molar-refractivity contribution in [3.05, 3.63) is 34.1 Å². The molecule has 0 aliphatic carbocycles. The Morgan fingerprint density at radius 1 is 1.50 bits per heavy atom. The lowest BCUT2D eigenvalue weighted by Crippen LogP contribution is -2.33. The molecule has 1 rings (SSSR count). The van der Waals surface area contributed by atoms with Crippen LogP contribution in [-0.4, -0.2) is 23.5 Å². The molecule has 1 aromatic rings. The topological polar surface area (TPSA) is 66.4 Å². The van der Waals surface area contributed by atoms with Gasteiger partial charge >= 0.3 is 5.97 Å². The van der Waals surface area contributed by atoms with E-state index >= 15 is 0 Å². The lowest BCUT2D eigenvalue weighted by Gasteiger charge is -2.11. The molecule has 0 aromatic heterocycles. The van der Waals surface area contributed by atoms with E-state index in [4.69, 9.17) is 5.11 Å². The van der Waals surface area contributed by atoms with Gasteiger partial charge in [0.25, 0.3) is 5.91 Å². The molecule has 0 bridgehead atoms. The number of rotatable bonds is 5. The summed E-state index contributed by atoms with van der Waals surface area (Å²) in [5, 5.41) is 11.2. The van der Waals surface area contributed by atoms with E-state index < -0.39 is 23.6 Å². The minimum absolute atomic E-state index is 0.0137. The highest BCUT2D eigenvalue weighted by Gasteiger charge is 2.18. The maximum absolute atomic E-state index is 13.5. The van der Waals surface area contributed by atoms with Crippen LogP contribution in [0.2, 0.25) is 0 Å². The summed E-state index contributed by atoms with van der Waals surface area (Å²) in [6, 6.07) is 4.08. The summed E-state index contributed by atoms with van der Waals surface area (Å²) in [4.78, 5) is 22.4. The minimum atomic E-state index is -0.978. The van der Waals surface area contributed by atoms with Crippen molar-refractivity contribution < 1.29 is 19.1 Å². The summed E-state index contributed by atoms with van der Waals surface area (Å²) in [6.07, 6.45) is 0.401. The smallest absolute Gasteiger partial charge is 0.308 e. The van der Waals surface area contributed by atoms with Gasteiger partial charge in [-0.3, -0.25) is 9.59 Å². The Balaban J connectivity index is 2.68. The van der Waals surface area contributed by atoms with E-state index in [1.165, 1.54) is 12.1 Å². The van der Waals surface area contributed by atoms with Gasteiger partial charge in [-0.05, 0) is 24.6 Å². The van der Waals surface area contributed by atoms with E-state index in [1.807, 2.05) is 0 Å². The van der Waals surface area contributed by atoms with E-state index in [9.17, 15) is 14.0 Å². The molecule has 0 aliphatic heterocycles. The zero-order chi connectivity index (χ0) is 13.7. The lowest BCUT2D eigenvalue weighted by atomic mass is 10.1. The van der Waals surface area contributed by atoms with Crippen LogP contribution < -0.4 is 5.32 Å². The van der Waals surface area contributed by atoms with Gasteiger partial charge in [-0.1, -0.05) is 22.9 Å². The van der Waals surface area contributed by atoms with Crippen LogP contribution in [-0.2, 0) is 4.79 Å². The highest BCUT2D eigenvalue weighted by molar-refractivity contribution is 9.10. The number of hydrogen-bond donors (Lipinski definition) is 2. The lowest BCUT2D eigenvalue weighted by molar-refractivity contribution is -0.141. The first-order valence-corrected chi connectivity index (χ1v) is 6.21. The molecule has 0 fully saturated rings. The van der Waals surface area contributed by atoms with Crippen molar-refractivity contribution in [3.8, 4) is 0 Å². The van der Waals surface area contributed by atoms with Crippen LogP contribution in [0.15, 0.2) is 22.7 Å². The summed E-state index contributed by atoms with van der Waals surface area (Å²) >= 11 is 3.09. The number of carboxylic acid groups (broad SMARTS) is 1. The zero-order valence-corrected chi connectivity index (χ0v) is 11.3. The van der Waals surface area contributed by atoms with Gasteiger partial charge in [0.2, 0.25) is 0 Å². The Hall–Kier alpha value is -1.43. The Morgan fingerprint density at radius 3 is 2.67 bits per heavy atom. The molecule has 0 spiro atoms. The van der Waals surface area contributed by atoms with Gasteiger partial charge in [-0.15, -0.1) is 0 Å². The largest absolute Gasteiger partial charge is 0.481 e. The Kier molecular flexibility index (Phi) is 5.27. The fraction of sp³-hybridized carbons (Fsp3) is 0.333. The second-order valence-electron chi connectivity index (χ2n) is 3.78. The highest BCUT2D eigenvalue weighted by atomic mass is 79.9. The molecule has 0 heterocycles. The van der Waals surface area contributed by atoms with Gasteiger partial charge in [0.1, 0.15) is 5.82 Å². The first kappa shape index (κ1) is 14.6. The molecule has 18 heavy (non-hydrogen) atoms. The predicted molar refractivity (Wildman–Crippen MR) is 67.9 cm³/mol. The molecule has 0 saturated heterocycles. The number of carboxylic acids is 1. The number of hydrogen-bond acceptors (Lipinski definition) is 2. The quantitative estimate of drug-likeness (QED) is 0.876. The van der Waals surface area contributed by atoms with E-state index in [-0.39, 0.29) is 12.1 Å². The number of nitrogens with one attached hydrogen (secondary N) is 1. The van der Waals surface area contributed by atoms with Crippen LogP contribution in [0.5, 0.6) is 0 Å². The fourth-order valence-electron chi connectivity index (χ4n) is 1.39. The fourth-order valence-corrected chi connectivity index (χ4v) is 1.72. The third kappa shape index (κ3) is 3.80. The second kappa shape index (κ2) is 6.49. The molecule has 98 valence electrons. The average molecular weight is 318 g/mol. The van der Waals surface area contributed by atoms with Gasteiger partial charge in [0, 0.05) is 11.0 Å². The maximum Gasteiger partial charge on any atom is 0.308 e. The van der Waals surface area contributed by atoms with Crippen molar-refractivity contribution in [2.75, 3.05) is 6.54 Å². The SMILES string of the molecule is CCC(CNC(=O)c1ccc(Br)cc1F)C(=O)O. The summed E-state index contributed by atoms with van der Waals surface area (Å²) in [5.74, 6) is -2.90. The third-order valence-corrected chi connectivity index (χ3v) is 3.02. The summed E-state index contributed by atoms with van der Waals surface area (Å²) in [7, 11) is 0. The summed E-state index contributed by atoms with van der Waals surface area (Å²) in [6.45, 7) is 1.70. The molecule has 0 radical (unpaired) electrons. The first-order valence-electron chi connectivity index (χ1n) is 5.41. The normalized spacial score (nSPS) is 11.9. The molecular weight excluding hydrogens is 305 g/mol. The van der Waals surface area contributed by atoms with E-state index in [0.29, 0.717) is 10.9 Å². The number of carbonyl (C=O) groups is 2. The Morgan fingerprint density at radius 2 is 2.17 bits per heavy atom. The van der Waals surface area contributed by atoms with Crippen molar-refractivity contribution in [1.82, 2.24) is 5.32 Å². The maximum atomic E-state index is 13.5. The van der Waals surface area contributed by atoms with Crippen molar-refractivity contribution in [2.24, 2.45) is 5.92 Å². The molecular formula is C12H13BrFNO3. The molecule has 0 saturated carbocycles. The Labute approximate surface area is 112 Å². The van der Waals surface area contributed by atoms with E-state index in [2.05, 4.69) is 21.2 Å². The third-order valence-electron chi connectivity index (χ3n) is 2.53. The molecule has 4 nitrogen and oxygen atoms in total. The number of aliphatic carboxylic acids is 1. The number of carbonyl (C=O) groups excluding carboxylic acids is 1. The molecule has 2 N–H and O–H groups in total. The molecule has 1 aromatic carbocycles. The second-order valence-corrected chi connectivity index (χ2v) is 4.69. The van der Waals surface area contributed by atoms with Crippen LogP contribution in [0.3, 0.4) is 0 Å². The van der Waals surface area contributed by atoms with E-state index in [0.717, 1.165) is 0 Å². The van der Waals surface area contributed by atoms with Gasteiger partial charge in [0.05, 0.1) is 11.5 Å². The monoisotopic (exact) mass is 317 g/mol. The minimum Gasteiger partial charge on any atom is -0.481 e. The van der Waals surface area contributed by atoms with Gasteiger partial charge < -0.3 is 10.4 Å².